The Morgan fingerprint density at radius 3 is 2.62 bits per heavy atom. The minimum atomic E-state index is -0.805. The Bertz CT molecular complexity index is 298. The zero-order valence-electron chi connectivity index (χ0n) is 9.37. The predicted molar refractivity (Wildman–Crippen MR) is 58.2 cm³/mol. The summed E-state index contributed by atoms with van der Waals surface area (Å²) in [5.41, 5.74) is -0.420. The average molecular weight is 226 g/mol. The Balaban J connectivity index is 2.17. The molecule has 2 amide bonds. The highest BCUT2D eigenvalue weighted by Crippen LogP contribution is 2.38. The molecule has 5 nitrogen and oxygen atoms in total. The third-order valence-electron chi connectivity index (χ3n) is 3.67. The van der Waals surface area contributed by atoms with Gasteiger partial charge in [-0.25, -0.2) is 4.79 Å². The Morgan fingerprint density at radius 2 is 2.06 bits per heavy atom. The van der Waals surface area contributed by atoms with E-state index in [0.717, 1.165) is 32.1 Å². The SMILES string of the molecule is O=C(O)CC1(N2CCCNC2=O)CCCC1. The van der Waals surface area contributed by atoms with Crippen molar-refractivity contribution in [2.45, 2.75) is 44.1 Å². The van der Waals surface area contributed by atoms with Gasteiger partial charge in [0.1, 0.15) is 0 Å². The fourth-order valence-electron chi connectivity index (χ4n) is 2.94. The largest absolute Gasteiger partial charge is 0.481 e. The summed E-state index contributed by atoms with van der Waals surface area (Å²) in [4.78, 5) is 24.5. The van der Waals surface area contributed by atoms with Gasteiger partial charge < -0.3 is 15.3 Å². The molecule has 0 aromatic heterocycles. The molecule has 0 spiro atoms. The molecule has 2 fully saturated rings. The fourth-order valence-corrected chi connectivity index (χ4v) is 2.94. The van der Waals surface area contributed by atoms with Gasteiger partial charge in [0.2, 0.25) is 0 Å². The maximum Gasteiger partial charge on any atom is 0.317 e. The Hall–Kier alpha value is -1.26. The van der Waals surface area contributed by atoms with Gasteiger partial charge >= 0.3 is 12.0 Å². The number of nitrogens with zero attached hydrogens (tertiary/aromatic N) is 1. The van der Waals surface area contributed by atoms with E-state index in [1.807, 2.05) is 0 Å². The zero-order valence-corrected chi connectivity index (χ0v) is 9.37. The summed E-state index contributed by atoms with van der Waals surface area (Å²) < 4.78 is 0. The van der Waals surface area contributed by atoms with E-state index < -0.39 is 11.5 Å². The van der Waals surface area contributed by atoms with Gasteiger partial charge in [0, 0.05) is 13.1 Å². The number of rotatable bonds is 3. The number of carbonyl (C=O) groups excluding carboxylic acids is 1. The molecule has 1 saturated heterocycles. The number of urea groups is 1. The smallest absolute Gasteiger partial charge is 0.317 e. The van der Waals surface area contributed by atoms with Gasteiger partial charge in [-0.1, -0.05) is 12.8 Å². The summed E-state index contributed by atoms with van der Waals surface area (Å²) in [5, 5.41) is 11.8. The minimum absolute atomic E-state index is 0.0837. The average Bonchev–Trinajstić information content (AvgIpc) is 2.67. The second-order valence-electron chi connectivity index (χ2n) is 4.74. The Kier molecular flexibility index (Phi) is 3.03. The highest BCUT2D eigenvalue weighted by Gasteiger charge is 2.44. The molecule has 1 heterocycles. The summed E-state index contributed by atoms with van der Waals surface area (Å²) in [6.45, 7) is 1.40. The van der Waals surface area contributed by atoms with Crippen LogP contribution in [0.15, 0.2) is 0 Å². The Morgan fingerprint density at radius 1 is 1.38 bits per heavy atom. The summed E-state index contributed by atoms with van der Waals surface area (Å²) in [7, 11) is 0. The summed E-state index contributed by atoms with van der Waals surface area (Å²) in [6, 6.07) is -0.0885. The van der Waals surface area contributed by atoms with Crippen LogP contribution in [0.3, 0.4) is 0 Å². The van der Waals surface area contributed by atoms with E-state index in [9.17, 15) is 9.59 Å². The number of hydrogen-bond donors (Lipinski definition) is 2. The van der Waals surface area contributed by atoms with E-state index in [4.69, 9.17) is 5.11 Å². The van der Waals surface area contributed by atoms with Crippen molar-refractivity contribution in [2.75, 3.05) is 13.1 Å². The molecule has 0 unspecified atom stereocenters. The second kappa shape index (κ2) is 4.31. The van der Waals surface area contributed by atoms with Gasteiger partial charge in [0.05, 0.1) is 12.0 Å². The van der Waals surface area contributed by atoms with Gasteiger partial charge in [0.15, 0.2) is 0 Å². The monoisotopic (exact) mass is 226 g/mol. The number of carboxylic acid groups (broad SMARTS) is 1. The van der Waals surface area contributed by atoms with Crippen LogP contribution in [-0.2, 0) is 4.79 Å². The molecule has 0 radical (unpaired) electrons. The first-order valence-corrected chi connectivity index (χ1v) is 5.91. The number of carbonyl (C=O) groups is 2. The van der Waals surface area contributed by atoms with Gasteiger partial charge in [-0.2, -0.15) is 0 Å². The molecule has 1 aliphatic heterocycles. The number of amides is 2. The molecular formula is C11H18N2O3. The molecule has 2 rings (SSSR count). The van der Waals surface area contributed by atoms with Crippen LogP contribution >= 0.6 is 0 Å². The number of carboxylic acids is 1. The molecule has 0 aromatic rings. The van der Waals surface area contributed by atoms with Crippen molar-refractivity contribution in [2.24, 2.45) is 0 Å². The van der Waals surface area contributed by atoms with Crippen LogP contribution in [0.2, 0.25) is 0 Å². The first-order chi connectivity index (χ1) is 7.64. The van der Waals surface area contributed by atoms with Crippen molar-refractivity contribution >= 4 is 12.0 Å². The number of nitrogens with one attached hydrogen (secondary N) is 1. The van der Waals surface area contributed by atoms with Crippen molar-refractivity contribution in [3.63, 3.8) is 0 Å². The van der Waals surface area contributed by atoms with Crippen molar-refractivity contribution < 1.29 is 14.7 Å². The molecule has 2 aliphatic rings. The van der Waals surface area contributed by atoms with Crippen LogP contribution in [0.1, 0.15) is 38.5 Å². The minimum Gasteiger partial charge on any atom is -0.481 e. The van der Waals surface area contributed by atoms with Crippen LogP contribution < -0.4 is 5.32 Å². The van der Waals surface area contributed by atoms with Crippen LogP contribution in [0.25, 0.3) is 0 Å². The maximum atomic E-state index is 11.8. The van der Waals surface area contributed by atoms with Crippen molar-refractivity contribution in [1.29, 1.82) is 0 Å². The molecule has 90 valence electrons. The van der Waals surface area contributed by atoms with E-state index in [1.165, 1.54) is 0 Å². The van der Waals surface area contributed by atoms with Crippen LogP contribution in [-0.4, -0.2) is 40.6 Å². The van der Waals surface area contributed by atoms with Gasteiger partial charge in [0.25, 0.3) is 0 Å². The summed E-state index contributed by atoms with van der Waals surface area (Å²) in [6.07, 6.45) is 4.70. The van der Waals surface area contributed by atoms with Crippen LogP contribution in [0.4, 0.5) is 4.79 Å². The molecule has 0 bridgehead atoms. The van der Waals surface area contributed by atoms with E-state index >= 15 is 0 Å². The van der Waals surface area contributed by atoms with E-state index in [2.05, 4.69) is 5.32 Å². The van der Waals surface area contributed by atoms with E-state index in [-0.39, 0.29) is 12.5 Å². The highest BCUT2D eigenvalue weighted by atomic mass is 16.4. The van der Waals surface area contributed by atoms with E-state index in [1.54, 1.807) is 4.90 Å². The van der Waals surface area contributed by atoms with Gasteiger partial charge in [-0.3, -0.25) is 4.79 Å². The molecule has 16 heavy (non-hydrogen) atoms. The molecule has 1 saturated carbocycles. The quantitative estimate of drug-likeness (QED) is 0.759. The maximum absolute atomic E-state index is 11.8. The fraction of sp³-hybridized carbons (Fsp3) is 0.818. The lowest BCUT2D eigenvalue weighted by Gasteiger charge is -2.42. The Labute approximate surface area is 94.8 Å². The molecular weight excluding hydrogens is 208 g/mol. The summed E-state index contributed by atoms with van der Waals surface area (Å²) >= 11 is 0. The normalized spacial score (nSPS) is 24.2. The van der Waals surface area contributed by atoms with Crippen molar-refractivity contribution in [3.05, 3.63) is 0 Å². The van der Waals surface area contributed by atoms with Crippen LogP contribution in [0, 0.1) is 0 Å². The van der Waals surface area contributed by atoms with Crippen LogP contribution in [0.5, 0.6) is 0 Å². The summed E-state index contributed by atoms with van der Waals surface area (Å²) in [5.74, 6) is -0.805. The third-order valence-corrected chi connectivity index (χ3v) is 3.67. The second-order valence-corrected chi connectivity index (χ2v) is 4.74. The van der Waals surface area contributed by atoms with Gasteiger partial charge in [-0.05, 0) is 19.3 Å². The van der Waals surface area contributed by atoms with E-state index in [0.29, 0.717) is 13.1 Å². The highest BCUT2D eigenvalue weighted by molar-refractivity contribution is 5.77. The van der Waals surface area contributed by atoms with Crippen molar-refractivity contribution in [1.82, 2.24) is 10.2 Å². The first-order valence-electron chi connectivity index (χ1n) is 5.91. The lowest BCUT2D eigenvalue weighted by molar-refractivity contribution is -0.140. The lowest BCUT2D eigenvalue weighted by atomic mass is 9.90. The van der Waals surface area contributed by atoms with Crippen molar-refractivity contribution in [3.8, 4) is 0 Å². The predicted octanol–water partition coefficient (Wildman–Crippen LogP) is 1.19. The molecule has 0 aromatic carbocycles. The van der Waals surface area contributed by atoms with Gasteiger partial charge in [-0.15, -0.1) is 0 Å². The number of hydrogen-bond acceptors (Lipinski definition) is 2. The third kappa shape index (κ3) is 1.99. The molecule has 2 N–H and O–H groups in total. The topological polar surface area (TPSA) is 69.6 Å². The zero-order chi connectivity index (χ0) is 11.6. The lowest BCUT2D eigenvalue weighted by Crippen LogP contribution is -2.58. The molecule has 0 atom stereocenters. The standard InChI is InChI=1S/C11H18N2O3/c14-9(15)8-11(4-1-2-5-11)13-7-3-6-12-10(13)16/h1-8H2,(H,12,16)(H,14,15). The first kappa shape index (κ1) is 11.2. The molecule has 1 aliphatic carbocycles. The number of aliphatic carboxylic acids is 1. The molecule has 5 heteroatoms.